The first-order valence-corrected chi connectivity index (χ1v) is 9.20. The average molecular weight is 352 g/mol. The van der Waals surface area contributed by atoms with Crippen LogP contribution in [0.3, 0.4) is 0 Å². The van der Waals surface area contributed by atoms with Crippen LogP contribution in [-0.4, -0.2) is 48.6 Å². The number of nitrogens with one attached hydrogen (secondary N) is 1. The molecule has 1 atom stereocenters. The second-order valence-corrected chi connectivity index (χ2v) is 7.00. The van der Waals surface area contributed by atoms with Crippen LogP contribution in [0.1, 0.15) is 36.7 Å². The predicted molar refractivity (Wildman–Crippen MR) is 98.7 cm³/mol. The van der Waals surface area contributed by atoms with Gasteiger partial charge in [0.05, 0.1) is 11.0 Å². The largest absolute Gasteiger partial charge is 0.343 e. The number of aryl methyl sites for hydroxylation is 3. The van der Waals surface area contributed by atoms with E-state index in [9.17, 15) is 4.79 Å². The minimum Gasteiger partial charge on any atom is -0.343 e. The highest BCUT2D eigenvalue weighted by molar-refractivity contribution is 5.77. The molecule has 0 radical (unpaired) electrons. The maximum atomic E-state index is 12.7. The molecule has 3 heterocycles. The summed E-state index contributed by atoms with van der Waals surface area (Å²) in [5.41, 5.74) is 1.97. The fraction of sp³-hybridized carbons (Fsp3) is 0.474. The number of fused-ring (bicyclic) bond motifs is 2. The second kappa shape index (κ2) is 6.90. The van der Waals surface area contributed by atoms with E-state index in [1.165, 1.54) is 0 Å². The molecule has 0 saturated carbocycles. The van der Waals surface area contributed by atoms with Gasteiger partial charge in [-0.2, -0.15) is 0 Å². The van der Waals surface area contributed by atoms with Gasteiger partial charge in [-0.05, 0) is 31.9 Å². The highest BCUT2D eigenvalue weighted by Crippen LogP contribution is 2.19. The maximum Gasteiger partial charge on any atom is 0.223 e. The topological polar surface area (TPSA) is 79.7 Å². The van der Waals surface area contributed by atoms with Crippen LogP contribution in [0.15, 0.2) is 24.3 Å². The van der Waals surface area contributed by atoms with Crippen LogP contribution in [0.5, 0.6) is 0 Å². The second-order valence-electron chi connectivity index (χ2n) is 7.00. The van der Waals surface area contributed by atoms with Gasteiger partial charge in [0.25, 0.3) is 0 Å². The van der Waals surface area contributed by atoms with Gasteiger partial charge in [-0.15, -0.1) is 10.2 Å². The van der Waals surface area contributed by atoms with E-state index in [1.807, 2.05) is 43.1 Å². The number of para-hydroxylation sites is 2. The van der Waals surface area contributed by atoms with Crippen LogP contribution >= 0.6 is 0 Å². The summed E-state index contributed by atoms with van der Waals surface area (Å²) < 4.78 is 2.17. The van der Waals surface area contributed by atoms with E-state index < -0.39 is 0 Å². The lowest BCUT2D eigenvalue weighted by Crippen LogP contribution is -2.37. The van der Waals surface area contributed by atoms with Crippen LogP contribution < -0.4 is 0 Å². The molecule has 1 amide bonds. The Morgan fingerprint density at radius 2 is 2.15 bits per heavy atom. The van der Waals surface area contributed by atoms with Crippen molar-refractivity contribution in [3.8, 4) is 0 Å². The predicted octanol–water partition coefficient (Wildman–Crippen LogP) is 2.26. The summed E-state index contributed by atoms with van der Waals surface area (Å²) in [7, 11) is 1.92. The van der Waals surface area contributed by atoms with Crippen molar-refractivity contribution >= 4 is 16.9 Å². The smallest absolute Gasteiger partial charge is 0.223 e. The van der Waals surface area contributed by atoms with Gasteiger partial charge < -0.3 is 14.5 Å². The molecule has 0 fully saturated rings. The fourth-order valence-electron chi connectivity index (χ4n) is 3.74. The lowest BCUT2D eigenvalue weighted by molar-refractivity contribution is -0.132. The fourth-order valence-corrected chi connectivity index (χ4v) is 3.74. The summed E-state index contributed by atoms with van der Waals surface area (Å²) in [4.78, 5) is 22.4. The van der Waals surface area contributed by atoms with Crippen LogP contribution in [0.2, 0.25) is 0 Å². The van der Waals surface area contributed by atoms with Gasteiger partial charge in [-0.1, -0.05) is 12.1 Å². The molecular formula is C19H24N6O. The number of hydrogen-bond acceptors (Lipinski definition) is 4. The highest BCUT2D eigenvalue weighted by Gasteiger charge is 2.24. The number of carbonyl (C=O) groups excluding carboxylic acids is 1. The van der Waals surface area contributed by atoms with Gasteiger partial charge in [0.2, 0.25) is 5.91 Å². The monoisotopic (exact) mass is 352 g/mol. The van der Waals surface area contributed by atoms with E-state index in [1.54, 1.807) is 0 Å². The number of rotatable bonds is 4. The van der Waals surface area contributed by atoms with E-state index in [0.29, 0.717) is 12.8 Å². The summed E-state index contributed by atoms with van der Waals surface area (Å²) in [6.45, 7) is 2.86. The number of aromatic amines is 1. The molecule has 1 unspecified atom stereocenters. The Kier molecular flexibility index (Phi) is 4.44. The highest BCUT2D eigenvalue weighted by atomic mass is 16.2. The molecule has 4 rings (SSSR count). The molecule has 2 aromatic heterocycles. The van der Waals surface area contributed by atoms with E-state index in [2.05, 4.69) is 24.7 Å². The lowest BCUT2D eigenvalue weighted by atomic mass is 10.1. The normalized spacial score (nSPS) is 17.1. The van der Waals surface area contributed by atoms with Crippen molar-refractivity contribution in [2.24, 2.45) is 0 Å². The molecule has 7 heteroatoms. The minimum absolute atomic E-state index is 0.171. The molecule has 1 aliphatic rings. The molecule has 0 aliphatic carbocycles. The van der Waals surface area contributed by atoms with Gasteiger partial charge >= 0.3 is 0 Å². The third kappa shape index (κ3) is 3.21. The molecule has 1 aromatic carbocycles. The molecule has 1 aliphatic heterocycles. The van der Waals surface area contributed by atoms with Gasteiger partial charge in [0, 0.05) is 38.9 Å². The van der Waals surface area contributed by atoms with Crippen molar-refractivity contribution in [3.63, 3.8) is 0 Å². The number of imidazole rings is 1. The summed E-state index contributed by atoms with van der Waals surface area (Å²) in [6.07, 6.45) is 3.85. The number of carbonyl (C=O) groups is 1. The van der Waals surface area contributed by atoms with Crippen LogP contribution in [-0.2, 0) is 24.2 Å². The molecular weight excluding hydrogens is 328 g/mol. The molecule has 3 aromatic rings. The zero-order valence-electron chi connectivity index (χ0n) is 15.3. The van der Waals surface area contributed by atoms with Gasteiger partial charge in [-0.25, -0.2) is 4.98 Å². The van der Waals surface area contributed by atoms with E-state index in [-0.39, 0.29) is 11.9 Å². The van der Waals surface area contributed by atoms with Crippen molar-refractivity contribution in [3.05, 3.63) is 41.7 Å². The van der Waals surface area contributed by atoms with E-state index in [4.69, 9.17) is 0 Å². The SMILES string of the molecule is Cc1nnc2n1CCC(N(C)C(=O)CCc1nc3ccccc3[nH]1)CC2. The first-order chi connectivity index (χ1) is 12.6. The first kappa shape index (κ1) is 16.8. The Hall–Kier alpha value is -2.70. The molecule has 0 bridgehead atoms. The number of nitrogens with zero attached hydrogens (tertiary/aromatic N) is 5. The van der Waals surface area contributed by atoms with Crippen LogP contribution in [0, 0.1) is 6.92 Å². The zero-order chi connectivity index (χ0) is 18.1. The number of aromatic nitrogens is 5. The van der Waals surface area contributed by atoms with E-state index in [0.717, 1.165) is 54.3 Å². The lowest BCUT2D eigenvalue weighted by Gasteiger charge is -2.27. The third-order valence-electron chi connectivity index (χ3n) is 5.35. The Morgan fingerprint density at radius 3 is 3.00 bits per heavy atom. The minimum atomic E-state index is 0.171. The van der Waals surface area contributed by atoms with Crippen molar-refractivity contribution in [2.45, 2.75) is 51.6 Å². The van der Waals surface area contributed by atoms with Crippen LogP contribution in [0.25, 0.3) is 11.0 Å². The first-order valence-electron chi connectivity index (χ1n) is 9.20. The van der Waals surface area contributed by atoms with Crippen molar-refractivity contribution in [1.82, 2.24) is 29.6 Å². The quantitative estimate of drug-likeness (QED) is 0.781. The van der Waals surface area contributed by atoms with Gasteiger partial charge in [-0.3, -0.25) is 4.79 Å². The van der Waals surface area contributed by atoms with E-state index >= 15 is 0 Å². The number of hydrogen-bond donors (Lipinski definition) is 1. The van der Waals surface area contributed by atoms with Crippen LogP contribution in [0.4, 0.5) is 0 Å². The summed E-state index contributed by atoms with van der Waals surface area (Å²) in [6, 6.07) is 8.19. The average Bonchev–Trinajstić information content (AvgIpc) is 3.15. The molecule has 1 N–H and O–H groups in total. The van der Waals surface area contributed by atoms with Gasteiger partial charge in [0.1, 0.15) is 17.5 Å². The van der Waals surface area contributed by atoms with Crippen molar-refractivity contribution in [1.29, 1.82) is 0 Å². The molecule has 0 spiro atoms. The Morgan fingerprint density at radius 1 is 1.31 bits per heavy atom. The number of H-pyrrole nitrogens is 1. The molecule has 136 valence electrons. The molecule has 26 heavy (non-hydrogen) atoms. The van der Waals surface area contributed by atoms with Crippen molar-refractivity contribution < 1.29 is 4.79 Å². The zero-order valence-corrected chi connectivity index (χ0v) is 15.3. The third-order valence-corrected chi connectivity index (χ3v) is 5.35. The number of benzene rings is 1. The molecule has 0 saturated heterocycles. The summed E-state index contributed by atoms with van der Waals surface area (Å²) in [5, 5.41) is 8.40. The van der Waals surface area contributed by atoms with Crippen molar-refractivity contribution in [2.75, 3.05) is 7.05 Å². The summed E-state index contributed by atoms with van der Waals surface area (Å²) >= 11 is 0. The Bertz CT molecular complexity index is 894. The number of amides is 1. The maximum absolute atomic E-state index is 12.7. The Labute approximate surface area is 152 Å². The summed E-state index contributed by atoms with van der Waals surface area (Å²) in [5.74, 6) is 3.04. The Balaban J connectivity index is 1.35. The van der Waals surface area contributed by atoms with Gasteiger partial charge in [0.15, 0.2) is 0 Å². The molecule has 7 nitrogen and oxygen atoms in total. The standard InChI is InChI=1S/C19H24N6O/c1-13-22-23-18-9-7-14(11-12-25(13)18)24(2)19(26)10-8-17-20-15-5-3-4-6-16(15)21-17/h3-6,14H,7-12H2,1-2H3,(H,20,21).